The van der Waals surface area contributed by atoms with E-state index in [-0.39, 0.29) is 0 Å². The molecule has 16 heteroatoms. The molecule has 0 aromatic heterocycles. The molecule has 1 aromatic rings. The van der Waals surface area contributed by atoms with E-state index in [1.54, 1.807) is 7.11 Å². The highest BCUT2D eigenvalue weighted by atomic mass is 19.5. The predicted molar refractivity (Wildman–Crippen MR) is 63.6 cm³/mol. The summed E-state index contributed by atoms with van der Waals surface area (Å²) in [6.45, 7) is 0. The number of hydrogen-bond donors (Lipinski definition) is 0. The van der Waals surface area contributed by atoms with Crippen LogP contribution >= 0.6 is 0 Å². The van der Waals surface area contributed by atoms with Crippen molar-refractivity contribution in [3.63, 3.8) is 0 Å². The summed E-state index contributed by atoms with van der Waals surface area (Å²) in [5.74, 6) is 0.910. The van der Waals surface area contributed by atoms with E-state index in [1.807, 2.05) is 30.3 Å². The van der Waals surface area contributed by atoms with Crippen LogP contribution in [0.2, 0.25) is 0 Å². The molecule has 138 valence electrons. The van der Waals surface area contributed by atoms with Crippen LogP contribution in [0.3, 0.4) is 0 Å². The van der Waals surface area contributed by atoms with Crippen molar-refractivity contribution < 1.29 is 56.5 Å². The van der Waals surface area contributed by atoms with E-state index >= 15 is 0 Å². The molecule has 0 aliphatic carbocycles. The number of hydrogen-bond acceptors (Lipinski definition) is 1. The van der Waals surface area contributed by atoms with E-state index in [1.165, 1.54) is 0 Å². The highest BCUT2D eigenvalue weighted by molar-refractivity contribution is 6.50. The first kappa shape index (κ1) is 26.3. The summed E-state index contributed by atoms with van der Waals surface area (Å²) in [5.41, 5.74) is 0. The van der Waals surface area contributed by atoms with Crippen LogP contribution in [0, 0.1) is 0 Å². The smallest absolute Gasteiger partial charge is 0.497 e. The summed E-state index contributed by atoms with van der Waals surface area (Å²) in [6.07, 6.45) is 0. The second kappa shape index (κ2) is 11.9. The summed E-state index contributed by atoms with van der Waals surface area (Å²) < 4.78 is 122. The Labute approximate surface area is 122 Å². The third-order valence-corrected chi connectivity index (χ3v) is 0.979. The molecule has 1 nitrogen and oxygen atoms in total. The minimum Gasteiger partial charge on any atom is -0.497 e. The summed E-state index contributed by atoms with van der Waals surface area (Å²) in [4.78, 5) is 0. The van der Waals surface area contributed by atoms with E-state index in [9.17, 15) is 51.8 Å². The number of halogens is 12. The second-order valence-corrected chi connectivity index (χ2v) is 3.00. The zero-order chi connectivity index (χ0) is 19.3. The zero-order valence-electron chi connectivity index (χ0n) is 11.1. The van der Waals surface area contributed by atoms with Crippen molar-refractivity contribution in [2.24, 2.45) is 0 Å². The van der Waals surface area contributed by atoms with Crippen LogP contribution in [-0.4, -0.2) is 28.9 Å². The van der Waals surface area contributed by atoms with Gasteiger partial charge in [0.25, 0.3) is 0 Å². The maximum atomic E-state index is 9.75. The van der Waals surface area contributed by atoms with Crippen molar-refractivity contribution in [1.82, 2.24) is 0 Å². The molecule has 0 saturated carbocycles. The minimum absolute atomic E-state index is 0.910. The quantitative estimate of drug-likeness (QED) is 0.463. The Morgan fingerprint density at radius 3 is 0.913 bits per heavy atom. The van der Waals surface area contributed by atoms with E-state index in [0.717, 1.165) is 5.75 Å². The average Bonchev–Trinajstić information content (AvgIpc) is 2.23. The Balaban J connectivity index is -0.000000240. The maximum Gasteiger partial charge on any atom is 0.673 e. The SMILES string of the molecule is COc1ccccc1.F[B-](F)(F)F.F[B-](F)(F)F.F[B-](F)(F)F. The fraction of sp³-hybridized carbons (Fsp3) is 0.143. The molecule has 0 bridgehead atoms. The first-order valence-electron chi connectivity index (χ1n) is 5.14. The van der Waals surface area contributed by atoms with Gasteiger partial charge in [-0.2, -0.15) is 0 Å². The average molecular weight is 369 g/mol. The first-order valence-corrected chi connectivity index (χ1v) is 5.14. The monoisotopic (exact) mass is 369 g/mol. The van der Waals surface area contributed by atoms with Gasteiger partial charge in [-0.3, -0.25) is 0 Å². The molecule has 0 aliphatic heterocycles. The fourth-order valence-electron chi connectivity index (χ4n) is 0.557. The lowest BCUT2D eigenvalue weighted by Crippen LogP contribution is -2.02. The van der Waals surface area contributed by atoms with Gasteiger partial charge in [0.2, 0.25) is 0 Å². The number of para-hydroxylation sites is 1. The van der Waals surface area contributed by atoms with Crippen LogP contribution in [0.25, 0.3) is 0 Å². The van der Waals surface area contributed by atoms with Crippen molar-refractivity contribution in [3.05, 3.63) is 30.3 Å². The Morgan fingerprint density at radius 2 is 0.783 bits per heavy atom. The first-order chi connectivity index (χ1) is 9.93. The molecule has 0 atom stereocenters. The molecule has 0 amide bonds. The number of methoxy groups -OCH3 is 1. The lowest BCUT2D eigenvalue weighted by molar-refractivity contribution is 0.366. The fourth-order valence-corrected chi connectivity index (χ4v) is 0.557. The van der Waals surface area contributed by atoms with Gasteiger partial charge in [-0.15, -0.1) is 0 Å². The van der Waals surface area contributed by atoms with Gasteiger partial charge in [0.05, 0.1) is 7.11 Å². The van der Waals surface area contributed by atoms with Crippen molar-refractivity contribution in [1.29, 1.82) is 0 Å². The Bertz CT molecular complexity index is 328. The lowest BCUT2D eigenvalue weighted by Gasteiger charge is -1.94. The highest BCUT2D eigenvalue weighted by Crippen LogP contribution is 2.07. The minimum atomic E-state index is -6.00. The molecule has 0 unspecified atom stereocenters. The molecule has 0 fully saturated rings. The lowest BCUT2D eigenvalue weighted by atomic mass is 10.3. The van der Waals surface area contributed by atoms with Gasteiger partial charge in [0.1, 0.15) is 5.75 Å². The summed E-state index contributed by atoms with van der Waals surface area (Å²) in [7, 11) is -16.3. The second-order valence-electron chi connectivity index (χ2n) is 3.00. The van der Waals surface area contributed by atoms with Crippen molar-refractivity contribution in [2.45, 2.75) is 0 Å². The van der Waals surface area contributed by atoms with Gasteiger partial charge in [-0.25, -0.2) is 0 Å². The maximum absolute atomic E-state index is 9.75. The van der Waals surface area contributed by atoms with Crippen LogP contribution in [0.15, 0.2) is 30.3 Å². The van der Waals surface area contributed by atoms with E-state index in [0.29, 0.717) is 0 Å². The molecule has 0 spiro atoms. The highest BCUT2D eigenvalue weighted by Gasteiger charge is 2.21. The summed E-state index contributed by atoms with van der Waals surface area (Å²) >= 11 is 0. The molecule has 1 aromatic carbocycles. The summed E-state index contributed by atoms with van der Waals surface area (Å²) in [5, 5.41) is 0. The van der Waals surface area contributed by atoms with Crippen LogP contribution in [-0.2, 0) is 0 Å². The third-order valence-electron chi connectivity index (χ3n) is 0.979. The van der Waals surface area contributed by atoms with Gasteiger partial charge < -0.3 is 56.5 Å². The van der Waals surface area contributed by atoms with Crippen LogP contribution in [0.4, 0.5) is 51.8 Å². The summed E-state index contributed by atoms with van der Waals surface area (Å²) in [6, 6.07) is 9.68. The molecule has 0 heterocycles. The van der Waals surface area contributed by atoms with Gasteiger partial charge >= 0.3 is 21.8 Å². The third kappa shape index (κ3) is 98.1. The molecule has 1 rings (SSSR count). The standard InChI is InChI=1S/C7H8O.3BF4/c1-8-7-5-3-2-4-6-7;3*2-1(3,4)5/h2-6H,1H3;;;/q;3*-1. The Kier molecular flexibility index (Phi) is 13.6. The van der Waals surface area contributed by atoms with Crippen LogP contribution in [0.1, 0.15) is 0 Å². The van der Waals surface area contributed by atoms with Gasteiger partial charge in [-0.05, 0) is 12.1 Å². The largest absolute Gasteiger partial charge is 0.673 e. The van der Waals surface area contributed by atoms with Crippen molar-refractivity contribution >= 4 is 21.8 Å². The molecule has 0 saturated heterocycles. The zero-order valence-corrected chi connectivity index (χ0v) is 11.1. The van der Waals surface area contributed by atoms with E-state index < -0.39 is 21.8 Å². The van der Waals surface area contributed by atoms with Crippen molar-refractivity contribution in [2.75, 3.05) is 7.11 Å². The van der Waals surface area contributed by atoms with Gasteiger partial charge in [-0.1, -0.05) is 18.2 Å². The van der Waals surface area contributed by atoms with E-state index in [2.05, 4.69) is 0 Å². The van der Waals surface area contributed by atoms with Crippen LogP contribution < -0.4 is 4.74 Å². The number of benzene rings is 1. The molecular formula is C7H8B3F12O-3. The molecule has 0 aliphatic rings. The molecule has 23 heavy (non-hydrogen) atoms. The van der Waals surface area contributed by atoms with Gasteiger partial charge in [0.15, 0.2) is 0 Å². The topological polar surface area (TPSA) is 9.23 Å². The molecule has 0 N–H and O–H groups in total. The van der Waals surface area contributed by atoms with Crippen molar-refractivity contribution in [3.8, 4) is 5.75 Å². The molecule has 0 radical (unpaired) electrons. The number of ether oxygens (including phenoxy) is 1. The van der Waals surface area contributed by atoms with Crippen LogP contribution in [0.5, 0.6) is 5.75 Å². The Morgan fingerprint density at radius 1 is 0.565 bits per heavy atom. The molecular weight excluding hydrogens is 360 g/mol. The number of rotatable bonds is 1. The van der Waals surface area contributed by atoms with E-state index in [4.69, 9.17) is 4.74 Å². The predicted octanol–water partition coefficient (Wildman–Crippen LogP) is 5.60. The van der Waals surface area contributed by atoms with Gasteiger partial charge in [0, 0.05) is 0 Å². The normalized spacial score (nSPS) is 10.8. The Hall–Kier alpha value is -1.63.